The number of aliphatic carboxylic acids is 1. The maximum atomic E-state index is 11.9. The maximum Gasteiger partial charge on any atom is 0.326 e. The summed E-state index contributed by atoms with van der Waals surface area (Å²) in [5, 5.41) is 14.0. The number of nitrogens with one attached hydrogen (secondary N) is 2. The van der Waals surface area contributed by atoms with Crippen LogP contribution < -0.4 is 22.1 Å². The topological polar surface area (TPSA) is 165 Å². The molecule has 0 aliphatic carbocycles. The van der Waals surface area contributed by atoms with Gasteiger partial charge in [-0.05, 0) is 24.8 Å². The maximum absolute atomic E-state index is 11.9. The molecule has 9 heteroatoms. The summed E-state index contributed by atoms with van der Waals surface area (Å²) in [7, 11) is 0. The van der Waals surface area contributed by atoms with Crippen molar-refractivity contribution < 1.29 is 24.3 Å². The number of carboxylic acid groups (broad SMARTS) is 1. The first-order valence-electron chi connectivity index (χ1n) is 8.63. The van der Waals surface area contributed by atoms with Crippen molar-refractivity contribution in [3.05, 3.63) is 35.9 Å². The van der Waals surface area contributed by atoms with Gasteiger partial charge in [0.05, 0.1) is 18.6 Å². The molecule has 1 rings (SSSR count). The highest BCUT2D eigenvalue weighted by molar-refractivity contribution is 5.89. The number of carbonyl (C=O) groups is 4. The number of carboxylic acids is 1. The van der Waals surface area contributed by atoms with Crippen molar-refractivity contribution in [1.82, 2.24) is 10.6 Å². The van der Waals surface area contributed by atoms with E-state index in [0.29, 0.717) is 25.5 Å². The second kappa shape index (κ2) is 11.8. The van der Waals surface area contributed by atoms with Crippen LogP contribution in [0.2, 0.25) is 0 Å². The molecule has 27 heavy (non-hydrogen) atoms. The van der Waals surface area contributed by atoms with Crippen LogP contribution in [0, 0.1) is 0 Å². The summed E-state index contributed by atoms with van der Waals surface area (Å²) in [5.41, 5.74) is 11.9. The van der Waals surface area contributed by atoms with E-state index >= 15 is 0 Å². The zero-order valence-corrected chi connectivity index (χ0v) is 15.0. The van der Waals surface area contributed by atoms with E-state index in [9.17, 15) is 24.3 Å². The molecule has 0 saturated carbocycles. The van der Waals surface area contributed by atoms with Gasteiger partial charge in [-0.25, -0.2) is 4.79 Å². The fourth-order valence-corrected chi connectivity index (χ4v) is 2.37. The molecule has 148 valence electrons. The number of rotatable bonds is 12. The highest BCUT2D eigenvalue weighted by Gasteiger charge is 2.21. The van der Waals surface area contributed by atoms with Crippen molar-refractivity contribution >= 4 is 24.1 Å². The summed E-state index contributed by atoms with van der Waals surface area (Å²) in [6.45, 7) is -0.376. The van der Waals surface area contributed by atoms with E-state index in [2.05, 4.69) is 10.6 Å². The molecule has 0 aliphatic rings. The van der Waals surface area contributed by atoms with Crippen LogP contribution in [0.25, 0.3) is 0 Å². The van der Waals surface area contributed by atoms with Crippen LogP contribution in [0.5, 0.6) is 0 Å². The minimum Gasteiger partial charge on any atom is -0.480 e. The monoisotopic (exact) mass is 378 g/mol. The van der Waals surface area contributed by atoms with Crippen molar-refractivity contribution in [2.24, 2.45) is 11.5 Å². The number of amides is 2. The predicted octanol–water partition coefficient (Wildman–Crippen LogP) is -1.06. The molecule has 1 unspecified atom stereocenters. The molecule has 0 saturated heterocycles. The minimum absolute atomic E-state index is 0.131. The van der Waals surface area contributed by atoms with Crippen molar-refractivity contribution in [2.75, 3.05) is 6.54 Å². The third-order valence-corrected chi connectivity index (χ3v) is 3.90. The molecule has 1 aromatic carbocycles. The first-order chi connectivity index (χ1) is 12.8. The van der Waals surface area contributed by atoms with Crippen molar-refractivity contribution in [1.29, 1.82) is 0 Å². The highest BCUT2D eigenvalue weighted by atomic mass is 16.4. The molecule has 0 aromatic heterocycles. The average molecular weight is 378 g/mol. The Kier molecular flexibility index (Phi) is 9.70. The summed E-state index contributed by atoms with van der Waals surface area (Å²) in [5.74, 6) is -2.32. The molecule has 0 bridgehead atoms. The fourth-order valence-electron chi connectivity index (χ4n) is 2.37. The van der Waals surface area contributed by atoms with E-state index in [1.807, 2.05) is 6.07 Å². The van der Waals surface area contributed by atoms with Gasteiger partial charge in [0.25, 0.3) is 0 Å². The van der Waals surface area contributed by atoms with E-state index in [0.717, 1.165) is 5.56 Å². The zero-order chi connectivity index (χ0) is 20.2. The average Bonchev–Trinajstić information content (AvgIpc) is 2.65. The van der Waals surface area contributed by atoms with Gasteiger partial charge in [0.15, 0.2) is 0 Å². The Balaban J connectivity index is 2.39. The van der Waals surface area contributed by atoms with Crippen LogP contribution in [0.4, 0.5) is 0 Å². The third-order valence-electron chi connectivity index (χ3n) is 3.90. The minimum atomic E-state index is -1.17. The Morgan fingerprint density at radius 3 is 2.37 bits per heavy atom. The molecule has 0 heterocycles. The second-order valence-electron chi connectivity index (χ2n) is 6.20. The van der Waals surface area contributed by atoms with Gasteiger partial charge >= 0.3 is 5.97 Å². The first kappa shape index (κ1) is 22.3. The van der Waals surface area contributed by atoms with Gasteiger partial charge in [-0.2, -0.15) is 0 Å². The van der Waals surface area contributed by atoms with Crippen LogP contribution in [0.1, 0.15) is 24.8 Å². The molecule has 0 aliphatic heterocycles. The van der Waals surface area contributed by atoms with E-state index in [4.69, 9.17) is 11.5 Å². The van der Waals surface area contributed by atoms with Crippen LogP contribution in [0.15, 0.2) is 30.3 Å². The number of nitrogens with two attached hydrogens (primary N) is 2. The lowest BCUT2D eigenvalue weighted by Crippen LogP contribution is -2.49. The molecule has 7 N–H and O–H groups in total. The molecule has 0 radical (unpaired) electrons. The standard InChI is InChI=1S/C18H26N4O5/c19-13(11-23)7-4-8-14(20)17(25)21-10-16(24)22-15(18(26)27)9-12-5-2-1-3-6-12/h1-3,5-6,11,13-15H,4,7-10,19-20H2,(H,21,25)(H,22,24)(H,26,27)/t13?,14-,15-/m0/s1. The summed E-state index contributed by atoms with van der Waals surface area (Å²) in [6, 6.07) is 6.37. The van der Waals surface area contributed by atoms with E-state index in [-0.39, 0.29) is 13.0 Å². The molecule has 1 aromatic rings. The lowest BCUT2D eigenvalue weighted by atomic mass is 10.1. The normalized spacial score (nSPS) is 13.9. The van der Waals surface area contributed by atoms with Crippen LogP contribution in [-0.2, 0) is 25.6 Å². The predicted molar refractivity (Wildman–Crippen MR) is 98.6 cm³/mol. The lowest BCUT2D eigenvalue weighted by Gasteiger charge is -2.16. The summed E-state index contributed by atoms with van der Waals surface area (Å²) in [6.07, 6.45) is 2.00. The molecule has 9 nitrogen and oxygen atoms in total. The molecule has 2 amide bonds. The van der Waals surface area contributed by atoms with Gasteiger partial charge in [0.1, 0.15) is 12.3 Å². The van der Waals surface area contributed by atoms with Gasteiger partial charge in [0.2, 0.25) is 11.8 Å². The summed E-state index contributed by atoms with van der Waals surface area (Å²) >= 11 is 0. The Bertz CT molecular complexity index is 638. The summed E-state index contributed by atoms with van der Waals surface area (Å²) < 4.78 is 0. The largest absolute Gasteiger partial charge is 0.480 e. The Labute approximate surface area is 157 Å². The van der Waals surface area contributed by atoms with Crippen LogP contribution in [0.3, 0.4) is 0 Å². The number of benzene rings is 1. The van der Waals surface area contributed by atoms with Crippen LogP contribution >= 0.6 is 0 Å². The fraction of sp³-hybridized carbons (Fsp3) is 0.444. The SMILES string of the molecule is NC(C=O)CCC[C@H](N)C(=O)NCC(=O)N[C@@H](Cc1ccccc1)C(=O)O. The number of aldehydes is 1. The highest BCUT2D eigenvalue weighted by Crippen LogP contribution is 2.04. The summed E-state index contributed by atoms with van der Waals surface area (Å²) in [4.78, 5) is 45.6. The first-order valence-corrected chi connectivity index (χ1v) is 8.63. The van der Waals surface area contributed by atoms with Gasteiger partial charge in [-0.3, -0.25) is 9.59 Å². The Morgan fingerprint density at radius 2 is 1.78 bits per heavy atom. The van der Waals surface area contributed by atoms with Gasteiger partial charge in [0, 0.05) is 6.42 Å². The Hall–Kier alpha value is -2.78. The molecular formula is C18H26N4O5. The number of carbonyl (C=O) groups excluding carboxylic acids is 3. The van der Waals surface area contributed by atoms with Gasteiger partial charge < -0.3 is 32.0 Å². The van der Waals surface area contributed by atoms with Crippen LogP contribution in [-0.4, -0.2) is 53.8 Å². The van der Waals surface area contributed by atoms with Gasteiger partial charge in [-0.15, -0.1) is 0 Å². The molecule has 0 fully saturated rings. The van der Waals surface area contributed by atoms with Crippen molar-refractivity contribution in [3.8, 4) is 0 Å². The quantitative estimate of drug-likeness (QED) is 0.289. The third kappa shape index (κ3) is 8.93. The van der Waals surface area contributed by atoms with Crippen molar-refractivity contribution in [3.63, 3.8) is 0 Å². The Morgan fingerprint density at radius 1 is 1.11 bits per heavy atom. The molecule has 0 spiro atoms. The molecular weight excluding hydrogens is 352 g/mol. The lowest BCUT2D eigenvalue weighted by molar-refractivity contribution is -0.141. The molecule has 3 atom stereocenters. The zero-order valence-electron chi connectivity index (χ0n) is 15.0. The van der Waals surface area contributed by atoms with Crippen molar-refractivity contribution in [2.45, 2.75) is 43.8 Å². The number of hydrogen-bond donors (Lipinski definition) is 5. The number of hydrogen-bond acceptors (Lipinski definition) is 6. The van der Waals surface area contributed by atoms with E-state index in [1.54, 1.807) is 24.3 Å². The van der Waals surface area contributed by atoms with E-state index in [1.165, 1.54) is 0 Å². The van der Waals surface area contributed by atoms with E-state index < -0.39 is 35.9 Å². The van der Waals surface area contributed by atoms with Gasteiger partial charge in [-0.1, -0.05) is 30.3 Å². The second-order valence-corrected chi connectivity index (χ2v) is 6.20. The smallest absolute Gasteiger partial charge is 0.326 e.